The summed E-state index contributed by atoms with van der Waals surface area (Å²) in [5.41, 5.74) is 0.447. The van der Waals surface area contributed by atoms with E-state index in [1.807, 2.05) is 7.05 Å². The Morgan fingerprint density at radius 3 is 1.80 bits per heavy atom. The van der Waals surface area contributed by atoms with Crippen molar-refractivity contribution in [2.45, 2.75) is 27.7 Å². The maximum atomic E-state index is 3.17. The van der Waals surface area contributed by atoms with Gasteiger partial charge in [-0.3, -0.25) is 0 Å². The lowest BCUT2D eigenvalue weighted by atomic mass is 9.82. The first kappa shape index (κ1) is 12.9. The molecule has 0 aliphatic rings. The van der Waals surface area contributed by atoms with Gasteiger partial charge in [0.1, 0.15) is 0 Å². The largest absolute Gasteiger partial charge is 0.319 e. The highest BCUT2D eigenvalue weighted by atomic mass is 35.5. The molecule has 0 aromatic heterocycles. The van der Waals surface area contributed by atoms with Gasteiger partial charge in [-0.15, -0.1) is 12.4 Å². The summed E-state index contributed by atoms with van der Waals surface area (Å²) in [6.07, 6.45) is 0. The Labute approximate surface area is 71.0 Å². The minimum atomic E-state index is 0. The normalized spacial score (nSPS) is 14.1. The summed E-state index contributed by atoms with van der Waals surface area (Å²) >= 11 is 0. The van der Waals surface area contributed by atoms with Gasteiger partial charge in [0.05, 0.1) is 0 Å². The highest BCUT2D eigenvalue weighted by molar-refractivity contribution is 5.85. The van der Waals surface area contributed by atoms with Crippen LogP contribution in [0.5, 0.6) is 0 Å². The summed E-state index contributed by atoms with van der Waals surface area (Å²) < 4.78 is 0. The van der Waals surface area contributed by atoms with E-state index in [2.05, 4.69) is 33.0 Å². The number of nitrogens with one attached hydrogen (secondary N) is 1. The second-order valence-electron chi connectivity index (χ2n) is 3.82. The van der Waals surface area contributed by atoms with Gasteiger partial charge >= 0.3 is 0 Å². The summed E-state index contributed by atoms with van der Waals surface area (Å²) in [5.74, 6) is 0.752. The van der Waals surface area contributed by atoms with Crippen molar-refractivity contribution in [3.63, 3.8) is 0 Å². The molecule has 0 spiro atoms. The lowest BCUT2D eigenvalue weighted by Gasteiger charge is -2.26. The van der Waals surface area contributed by atoms with Crippen LogP contribution in [0.2, 0.25) is 0 Å². The summed E-state index contributed by atoms with van der Waals surface area (Å²) in [5, 5.41) is 3.17. The minimum Gasteiger partial charge on any atom is -0.319 e. The first-order valence-electron chi connectivity index (χ1n) is 3.63. The summed E-state index contributed by atoms with van der Waals surface area (Å²) in [7, 11) is 2.00. The van der Waals surface area contributed by atoms with Gasteiger partial charge in [0, 0.05) is 0 Å². The maximum absolute atomic E-state index is 3.17. The first-order valence-corrected chi connectivity index (χ1v) is 3.63. The average Bonchev–Trinajstić information content (AvgIpc) is 1.64. The van der Waals surface area contributed by atoms with Crippen molar-refractivity contribution >= 4 is 12.4 Å². The van der Waals surface area contributed by atoms with Gasteiger partial charge in [0.2, 0.25) is 0 Å². The molecule has 0 aliphatic heterocycles. The Balaban J connectivity index is 0. The van der Waals surface area contributed by atoms with Crippen molar-refractivity contribution in [2.24, 2.45) is 11.3 Å². The Morgan fingerprint density at radius 2 is 1.70 bits per heavy atom. The zero-order valence-corrected chi connectivity index (χ0v) is 8.51. The Morgan fingerprint density at radius 1 is 1.30 bits per heavy atom. The molecule has 0 heterocycles. The van der Waals surface area contributed by atoms with Gasteiger partial charge < -0.3 is 5.32 Å². The first-order chi connectivity index (χ1) is 3.98. The Hall–Kier alpha value is 0.250. The fourth-order valence-corrected chi connectivity index (χ4v) is 0.612. The van der Waals surface area contributed by atoms with Gasteiger partial charge in [-0.2, -0.15) is 0 Å². The molecule has 10 heavy (non-hydrogen) atoms. The van der Waals surface area contributed by atoms with Crippen LogP contribution in [0.3, 0.4) is 0 Å². The van der Waals surface area contributed by atoms with Crippen LogP contribution < -0.4 is 5.32 Å². The molecule has 64 valence electrons. The van der Waals surface area contributed by atoms with Gasteiger partial charge in [-0.1, -0.05) is 27.7 Å². The molecular weight excluding hydrogens is 146 g/mol. The van der Waals surface area contributed by atoms with Crippen LogP contribution in [0.4, 0.5) is 0 Å². The molecule has 0 radical (unpaired) electrons. The Kier molecular flexibility index (Phi) is 6.41. The number of halogens is 1. The van der Waals surface area contributed by atoms with Crippen LogP contribution in [0.15, 0.2) is 0 Å². The highest BCUT2D eigenvalue weighted by Crippen LogP contribution is 2.23. The van der Waals surface area contributed by atoms with Crippen LogP contribution in [-0.2, 0) is 0 Å². The highest BCUT2D eigenvalue weighted by Gasteiger charge is 2.18. The third-order valence-electron chi connectivity index (χ3n) is 1.99. The van der Waals surface area contributed by atoms with E-state index in [0.29, 0.717) is 5.41 Å². The quantitative estimate of drug-likeness (QED) is 0.663. The fraction of sp³-hybridized carbons (Fsp3) is 1.00. The SMILES string of the molecule is CNCC(C)C(C)(C)C.Cl. The zero-order chi connectivity index (χ0) is 7.49. The van der Waals surface area contributed by atoms with Crippen LogP contribution in [0, 0.1) is 11.3 Å². The van der Waals surface area contributed by atoms with Crippen molar-refractivity contribution in [2.75, 3.05) is 13.6 Å². The second-order valence-corrected chi connectivity index (χ2v) is 3.82. The number of rotatable bonds is 2. The molecule has 0 amide bonds. The van der Waals surface area contributed by atoms with E-state index >= 15 is 0 Å². The van der Waals surface area contributed by atoms with Crippen LogP contribution in [0.25, 0.3) is 0 Å². The average molecular weight is 166 g/mol. The monoisotopic (exact) mass is 165 g/mol. The predicted molar refractivity (Wildman–Crippen MR) is 49.8 cm³/mol. The van der Waals surface area contributed by atoms with Crippen molar-refractivity contribution in [1.82, 2.24) is 5.32 Å². The number of hydrogen-bond acceptors (Lipinski definition) is 1. The van der Waals surface area contributed by atoms with Gasteiger partial charge in [-0.05, 0) is 24.9 Å². The van der Waals surface area contributed by atoms with E-state index in [0.717, 1.165) is 12.5 Å². The standard InChI is InChI=1S/C8H19N.ClH/c1-7(6-9-5)8(2,3)4;/h7,9H,6H2,1-5H3;1H. The van der Waals surface area contributed by atoms with E-state index in [1.54, 1.807) is 0 Å². The van der Waals surface area contributed by atoms with E-state index < -0.39 is 0 Å². The molecule has 1 atom stereocenters. The van der Waals surface area contributed by atoms with Crippen LogP contribution in [0.1, 0.15) is 27.7 Å². The van der Waals surface area contributed by atoms with Crippen molar-refractivity contribution in [1.29, 1.82) is 0 Å². The molecule has 0 saturated carbocycles. The van der Waals surface area contributed by atoms with Crippen molar-refractivity contribution < 1.29 is 0 Å². The lowest BCUT2D eigenvalue weighted by molar-refractivity contribution is 0.257. The molecule has 0 aliphatic carbocycles. The molecule has 0 rings (SSSR count). The molecule has 1 unspecified atom stereocenters. The number of hydrogen-bond donors (Lipinski definition) is 1. The van der Waals surface area contributed by atoms with E-state index in [4.69, 9.17) is 0 Å². The summed E-state index contributed by atoms with van der Waals surface area (Å²) in [4.78, 5) is 0. The molecule has 0 bridgehead atoms. The molecule has 0 aromatic carbocycles. The fourth-order valence-electron chi connectivity index (χ4n) is 0.612. The molecule has 1 nitrogen and oxygen atoms in total. The summed E-state index contributed by atoms with van der Waals surface area (Å²) in [6, 6.07) is 0. The van der Waals surface area contributed by atoms with E-state index in [-0.39, 0.29) is 12.4 Å². The molecule has 0 saturated heterocycles. The van der Waals surface area contributed by atoms with Gasteiger partial charge in [-0.25, -0.2) is 0 Å². The van der Waals surface area contributed by atoms with Crippen LogP contribution >= 0.6 is 12.4 Å². The third kappa shape index (κ3) is 5.07. The van der Waals surface area contributed by atoms with Crippen LogP contribution in [-0.4, -0.2) is 13.6 Å². The molecule has 2 heteroatoms. The van der Waals surface area contributed by atoms with E-state index in [9.17, 15) is 0 Å². The minimum absolute atomic E-state index is 0. The van der Waals surface area contributed by atoms with E-state index in [1.165, 1.54) is 0 Å². The van der Waals surface area contributed by atoms with Gasteiger partial charge in [0.15, 0.2) is 0 Å². The lowest BCUT2D eigenvalue weighted by Crippen LogP contribution is -2.27. The smallest absolute Gasteiger partial charge is 0.00212 e. The van der Waals surface area contributed by atoms with Crippen molar-refractivity contribution in [3.8, 4) is 0 Å². The summed E-state index contributed by atoms with van der Waals surface area (Å²) in [6.45, 7) is 10.2. The predicted octanol–water partition coefficient (Wildman–Crippen LogP) is 2.31. The third-order valence-corrected chi connectivity index (χ3v) is 1.99. The zero-order valence-electron chi connectivity index (χ0n) is 7.69. The molecule has 1 N–H and O–H groups in total. The van der Waals surface area contributed by atoms with Gasteiger partial charge in [0.25, 0.3) is 0 Å². The maximum Gasteiger partial charge on any atom is -0.00212 e. The second kappa shape index (κ2) is 4.97. The topological polar surface area (TPSA) is 12.0 Å². The molecular formula is C8H20ClN. The molecule has 0 fully saturated rings. The Bertz CT molecular complexity index is 75.8. The molecule has 0 aromatic rings. The van der Waals surface area contributed by atoms with Crippen molar-refractivity contribution in [3.05, 3.63) is 0 Å².